The summed E-state index contributed by atoms with van der Waals surface area (Å²) in [6.07, 6.45) is 5.41. The van der Waals surface area contributed by atoms with E-state index in [9.17, 15) is 14.7 Å². The van der Waals surface area contributed by atoms with Crippen LogP contribution in [0.4, 0.5) is 4.79 Å². The Morgan fingerprint density at radius 3 is 2.34 bits per heavy atom. The number of piperazine rings is 1. The molecule has 1 atom stereocenters. The maximum atomic E-state index is 14.0. The average molecular weight is 543 g/mol. The monoisotopic (exact) mass is 542 g/mol. The molecule has 2 aliphatic rings. The fourth-order valence-electron chi connectivity index (χ4n) is 5.37. The van der Waals surface area contributed by atoms with Gasteiger partial charge in [0.2, 0.25) is 5.91 Å². The standard InChI is InChI=1S/C30H39ClN2O5/c1-2-3-20-37-29(35)33-18-16-32(17-19-33)28(34)27(30(36)14-8-5-9-15-30)24-12-13-26(25(31)21-24)38-22-23-10-6-4-7-11-23/h4,6-7,10-13,21,27,36H,2-3,5,8-9,14-20,22H2,1H3. The predicted octanol–water partition coefficient (Wildman–Crippen LogP) is 5.78. The van der Waals surface area contributed by atoms with Crippen LogP contribution in [0, 0.1) is 0 Å². The molecule has 1 heterocycles. The first kappa shape index (κ1) is 28.2. The highest BCUT2D eigenvalue weighted by Crippen LogP contribution is 2.43. The highest BCUT2D eigenvalue weighted by atomic mass is 35.5. The van der Waals surface area contributed by atoms with Gasteiger partial charge >= 0.3 is 6.09 Å². The van der Waals surface area contributed by atoms with Crippen LogP contribution >= 0.6 is 11.6 Å². The number of hydrogen-bond acceptors (Lipinski definition) is 5. The molecular weight excluding hydrogens is 504 g/mol. The number of hydrogen-bond donors (Lipinski definition) is 1. The number of carbonyl (C=O) groups is 2. The Balaban J connectivity index is 1.48. The van der Waals surface area contributed by atoms with E-state index < -0.39 is 11.5 Å². The third-order valence-corrected chi connectivity index (χ3v) is 7.90. The molecule has 4 rings (SSSR count). The Hall–Kier alpha value is -2.77. The number of halogens is 1. The Bertz CT molecular complexity index is 1070. The lowest BCUT2D eigenvalue weighted by atomic mass is 9.72. The molecule has 7 nitrogen and oxygen atoms in total. The minimum absolute atomic E-state index is 0.123. The van der Waals surface area contributed by atoms with Crippen molar-refractivity contribution >= 4 is 23.6 Å². The Morgan fingerprint density at radius 1 is 1.00 bits per heavy atom. The van der Waals surface area contributed by atoms with Crippen molar-refractivity contribution in [2.24, 2.45) is 0 Å². The second kappa shape index (κ2) is 13.3. The summed E-state index contributed by atoms with van der Waals surface area (Å²) >= 11 is 6.63. The Morgan fingerprint density at radius 2 is 1.68 bits per heavy atom. The first-order valence-corrected chi connectivity index (χ1v) is 14.2. The minimum atomic E-state index is -1.14. The summed E-state index contributed by atoms with van der Waals surface area (Å²) < 4.78 is 11.3. The second-order valence-electron chi connectivity index (χ2n) is 10.3. The van der Waals surface area contributed by atoms with E-state index in [2.05, 4.69) is 0 Å². The van der Waals surface area contributed by atoms with E-state index in [4.69, 9.17) is 21.1 Å². The summed E-state index contributed by atoms with van der Waals surface area (Å²) in [7, 11) is 0. The van der Waals surface area contributed by atoms with Gasteiger partial charge in [-0.25, -0.2) is 4.79 Å². The van der Waals surface area contributed by atoms with Crippen molar-refractivity contribution < 1.29 is 24.2 Å². The van der Waals surface area contributed by atoms with Gasteiger partial charge < -0.3 is 24.4 Å². The molecule has 38 heavy (non-hydrogen) atoms. The van der Waals surface area contributed by atoms with Crippen LogP contribution < -0.4 is 4.74 Å². The van der Waals surface area contributed by atoms with Gasteiger partial charge in [-0.2, -0.15) is 0 Å². The molecule has 0 spiro atoms. The molecule has 1 unspecified atom stereocenters. The van der Waals surface area contributed by atoms with Gasteiger partial charge in [-0.15, -0.1) is 0 Å². The molecule has 2 amide bonds. The summed E-state index contributed by atoms with van der Waals surface area (Å²) in [5, 5.41) is 12.2. The summed E-state index contributed by atoms with van der Waals surface area (Å²) in [5.74, 6) is -0.315. The van der Waals surface area contributed by atoms with Gasteiger partial charge in [-0.3, -0.25) is 4.79 Å². The largest absolute Gasteiger partial charge is 0.487 e. The van der Waals surface area contributed by atoms with E-state index >= 15 is 0 Å². The van der Waals surface area contributed by atoms with E-state index in [0.717, 1.165) is 37.7 Å². The zero-order valence-electron chi connectivity index (χ0n) is 22.2. The van der Waals surface area contributed by atoms with Crippen LogP contribution in [0.5, 0.6) is 5.75 Å². The van der Waals surface area contributed by atoms with Crippen molar-refractivity contribution in [3.8, 4) is 5.75 Å². The molecule has 2 aromatic rings. The maximum Gasteiger partial charge on any atom is 0.409 e. The fraction of sp³-hybridized carbons (Fsp3) is 0.533. The lowest BCUT2D eigenvalue weighted by molar-refractivity contribution is -0.143. The molecule has 206 valence electrons. The van der Waals surface area contributed by atoms with Crippen LogP contribution in [-0.4, -0.2) is 65.3 Å². The van der Waals surface area contributed by atoms with Crippen molar-refractivity contribution in [2.75, 3.05) is 32.8 Å². The van der Waals surface area contributed by atoms with Crippen molar-refractivity contribution in [3.63, 3.8) is 0 Å². The zero-order valence-corrected chi connectivity index (χ0v) is 23.0. The smallest absolute Gasteiger partial charge is 0.409 e. The van der Waals surface area contributed by atoms with Crippen LogP contribution in [0.15, 0.2) is 48.5 Å². The molecule has 1 saturated heterocycles. The van der Waals surface area contributed by atoms with E-state index in [0.29, 0.717) is 68.6 Å². The van der Waals surface area contributed by atoms with Gasteiger partial charge in [-0.05, 0) is 42.5 Å². The second-order valence-corrected chi connectivity index (χ2v) is 10.7. The molecule has 1 aliphatic heterocycles. The lowest BCUT2D eigenvalue weighted by Crippen LogP contribution is -2.55. The van der Waals surface area contributed by atoms with Crippen molar-refractivity contribution in [2.45, 2.75) is 70.0 Å². The third-order valence-electron chi connectivity index (χ3n) is 7.60. The third kappa shape index (κ3) is 7.00. The maximum absolute atomic E-state index is 14.0. The number of carbonyl (C=O) groups excluding carboxylic acids is 2. The minimum Gasteiger partial charge on any atom is -0.487 e. The number of aliphatic hydroxyl groups is 1. The van der Waals surface area contributed by atoms with Crippen LogP contribution in [-0.2, 0) is 16.1 Å². The SMILES string of the molecule is CCCCOC(=O)N1CCN(C(=O)C(c2ccc(OCc3ccccc3)c(Cl)c2)C2(O)CCCCC2)CC1. The van der Waals surface area contributed by atoms with Crippen LogP contribution in [0.2, 0.25) is 5.02 Å². The number of amides is 2. The van der Waals surface area contributed by atoms with Gasteiger partial charge in [0.15, 0.2) is 0 Å². The lowest BCUT2D eigenvalue weighted by Gasteiger charge is -2.42. The van der Waals surface area contributed by atoms with Crippen molar-refractivity contribution in [3.05, 3.63) is 64.7 Å². The molecular formula is C30H39ClN2O5. The molecule has 2 fully saturated rings. The normalized spacial score (nSPS) is 18.1. The zero-order chi connectivity index (χ0) is 27.0. The molecule has 1 aliphatic carbocycles. The molecule has 8 heteroatoms. The quantitative estimate of drug-likeness (QED) is 0.406. The topological polar surface area (TPSA) is 79.3 Å². The first-order valence-electron chi connectivity index (χ1n) is 13.8. The Labute approximate surface area is 230 Å². The highest BCUT2D eigenvalue weighted by Gasteiger charge is 2.45. The molecule has 1 saturated carbocycles. The van der Waals surface area contributed by atoms with E-state index in [-0.39, 0.29) is 12.0 Å². The molecule has 0 bridgehead atoms. The molecule has 0 radical (unpaired) electrons. The van der Waals surface area contributed by atoms with Crippen molar-refractivity contribution in [1.82, 2.24) is 9.80 Å². The molecule has 2 aromatic carbocycles. The van der Waals surface area contributed by atoms with Gasteiger partial charge in [0.25, 0.3) is 0 Å². The van der Waals surface area contributed by atoms with E-state index in [1.54, 1.807) is 21.9 Å². The van der Waals surface area contributed by atoms with Crippen LogP contribution in [0.1, 0.15) is 68.9 Å². The number of rotatable bonds is 9. The highest BCUT2D eigenvalue weighted by molar-refractivity contribution is 6.32. The predicted molar refractivity (Wildman–Crippen MR) is 147 cm³/mol. The number of ether oxygens (including phenoxy) is 2. The van der Waals surface area contributed by atoms with Crippen LogP contribution in [0.3, 0.4) is 0 Å². The molecule has 0 aromatic heterocycles. The summed E-state index contributed by atoms with van der Waals surface area (Å²) in [4.78, 5) is 29.7. The van der Waals surface area contributed by atoms with Crippen molar-refractivity contribution in [1.29, 1.82) is 0 Å². The number of unbranched alkanes of at least 4 members (excludes halogenated alkanes) is 1. The van der Waals surface area contributed by atoms with Gasteiger partial charge in [-0.1, -0.05) is 80.6 Å². The van der Waals surface area contributed by atoms with Gasteiger partial charge in [0.1, 0.15) is 12.4 Å². The Kier molecular flexibility index (Phi) is 9.91. The number of nitrogens with zero attached hydrogens (tertiary/aromatic N) is 2. The van der Waals surface area contributed by atoms with Gasteiger partial charge in [0.05, 0.1) is 23.1 Å². The van der Waals surface area contributed by atoms with Crippen LogP contribution in [0.25, 0.3) is 0 Å². The van der Waals surface area contributed by atoms with E-state index in [1.807, 2.05) is 43.3 Å². The molecule has 1 N–H and O–H groups in total. The van der Waals surface area contributed by atoms with E-state index in [1.165, 1.54) is 0 Å². The summed E-state index contributed by atoms with van der Waals surface area (Å²) in [6.45, 7) is 4.48. The fourth-order valence-corrected chi connectivity index (χ4v) is 5.61. The first-order chi connectivity index (χ1) is 18.4. The summed E-state index contributed by atoms with van der Waals surface area (Å²) in [6, 6.07) is 15.2. The number of benzene rings is 2. The average Bonchev–Trinajstić information content (AvgIpc) is 2.93. The summed E-state index contributed by atoms with van der Waals surface area (Å²) in [5.41, 5.74) is 0.588. The van der Waals surface area contributed by atoms with Gasteiger partial charge in [0, 0.05) is 26.2 Å².